The summed E-state index contributed by atoms with van der Waals surface area (Å²) in [5.41, 5.74) is 1.94. The number of nitrogens with one attached hydrogen (secondary N) is 1. The van der Waals surface area contributed by atoms with Crippen LogP contribution < -0.4 is 10.1 Å². The average Bonchev–Trinajstić information content (AvgIpc) is 2.77. The van der Waals surface area contributed by atoms with Gasteiger partial charge >= 0.3 is 0 Å². The van der Waals surface area contributed by atoms with E-state index in [4.69, 9.17) is 4.74 Å². The molecule has 0 saturated carbocycles. The monoisotopic (exact) mass is 388 g/mol. The van der Waals surface area contributed by atoms with Crippen LogP contribution in [-0.2, 0) is 11.3 Å². The van der Waals surface area contributed by atoms with Gasteiger partial charge in [0.2, 0.25) is 5.91 Å². The largest absolute Gasteiger partial charge is 0.456 e. The van der Waals surface area contributed by atoms with Gasteiger partial charge in [0.25, 0.3) is 0 Å². The summed E-state index contributed by atoms with van der Waals surface area (Å²) in [6.07, 6.45) is 10.0. The lowest BCUT2D eigenvalue weighted by molar-refractivity contribution is -0.122. The van der Waals surface area contributed by atoms with Crippen molar-refractivity contribution in [2.45, 2.75) is 31.8 Å². The Morgan fingerprint density at radius 2 is 1.83 bits per heavy atom. The van der Waals surface area contributed by atoms with Gasteiger partial charge < -0.3 is 10.1 Å². The smallest absolute Gasteiger partial charge is 0.241 e. The number of nitrogens with zero attached hydrogens (tertiary/aromatic N) is 3. The molecule has 6 heteroatoms. The summed E-state index contributed by atoms with van der Waals surface area (Å²) in [7, 11) is 0. The highest BCUT2D eigenvalue weighted by molar-refractivity contribution is 5.94. The third-order valence-electron chi connectivity index (χ3n) is 5.04. The molecule has 0 aliphatic carbocycles. The van der Waals surface area contributed by atoms with E-state index in [0.29, 0.717) is 11.5 Å². The predicted molar refractivity (Wildman–Crippen MR) is 112 cm³/mol. The molecule has 1 fully saturated rings. The van der Waals surface area contributed by atoms with Crippen molar-refractivity contribution < 1.29 is 9.53 Å². The van der Waals surface area contributed by atoms with E-state index >= 15 is 0 Å². The number of anilines is 1. The molecule has 1 saturated heterocycles. The Kier molecular flexibility index (Phi) is 6.12. The first-order valence-corrected chi connectivity index (χ1v) is 9.90. The van der Waals surface area contributed by atoms with Crippen LogP contribution in [0.25, 0.3) is 0 Å². The molecule has 4 rings (SSSR count). The number of pyridine rings is 2. The summed E-state index contributed by atoms with van der Waals surface area (Å²) in [6.45, 7) is 1.69. The standard InChI is InChI=1S/C23H24N4O2/c28-23(22-5-1-2-15-27(22)17-18-10-13-24-14-11-18)26-19-6-8-20(9-7-19)29-21-4-3-12-25-16-21/h3-4,6-14,16,22H,1-2,5,15,17H2,(H,26,28)/t22-/m1/s1. The highest BCUT2D eigenvalue weighted by Gasteiger charge is 2.28. The molecular formula is C23H24N4O2. The second-order valence-electron chi connectivity index (χ2n) is 7.14. The number of ether oxygens (including phenoxy) is 1. The number of benzene rings is 1. The fourth-order valence-electron chi connectivity index (χ4n) is 3.58. The fraction of sp³-hybridized carbons (Fsp3) is 0.261. The number of likely N-dealkylation sites (tertiary alicyclic amines) is 1. The SMILES string of the molecule is O=C(Nc1ccc(Oc2cccnc2)cc1)[C@H]1CCCCN1Cc1ccncc1. The van der Waals surface area contributed by atoms with Crippen LogP contribution >= 0.6 is 0 Å². The summed E-state index contributed by atoms with van der Waals surface area (Å²) in [5, 5.41) is 3.06. The number of carbonyl (C=O) groups is 1. The van der Waals surface area contributed by atoms with Gasteiger partial charge in [0.05, 0.1) is 12.2 Å². The summed E-state index contributed by atoms with van der Waals surface area (Å²) in [4.78, 5) is 23.3. The first-order valence-electron chi connectivity index (χ1n) is 9.90. The average molecular weight is 388 g/mol. The second kappa shape index (κ2) is 9.30. The maximum Gasteiger partial charge on any atom is 0.241 e. The summed E-state index contributed by atoms with van der Waals surface area (Å²) < 4.78 is 5.75. The first kappa shape index (κ1) is 19.1. The van der Waals surface area contributed by atoms with E-state index in [1.807, 2.05) is 48.5 Å². The van der Waals surface area contributed by atoms with Crippen LogP contribution in [0, 0.1) is 0 Å². The first-order chi connectivity index (χ1) is 14.3. The Hall–Kier alpha value is -3.25. The number of hydrogen-bond acceptors (Lipinski definition) is 5. The van der Waals surface area contributed by atoms with E-state index in [1.54, 1.807) is 24.8 Å². The molecule has 1 N–H and O–H groups in total. The minimum Gasteiger partial charge on any atom is -0.456 e. The van der Waals surface area contributed by atoms with Crippen LogP contribution in [0.3, 0.4) is 0 Å². The van der Waals surface area contributed by atoms with Crippen LogP contribution in [0.2, 0.25) is 0 Å². The zero-order valence-electron chi connectivity index (χ0n) is 16.2. The van der Waals surface area contributed by atoms with Gasteiger partial charge in [0, 0.05) is 30.8 Å². The molecule has 29 heavy (non-hydrogen) atoms. The Morgan fingerprint density at radius 3 is 2.59 bits per heavy atom. The number of carbonyl (C=O) groups excluding carboxylic acids is 1. The second-order valence-corrected chi connectivity index (χ2v) is 7.14. The van der Waals surface area contributed by atoms with E-state index in [1.165, 1.54) is 5.56 Å². The lowest BCUT2D eigenvalue weighted by atomic mass is 10.0. The minimum absolute atomic E-state index is 0.0414. The van der Waals surface area contributed by atoms with E-state index < -0.39 is 0 Å². The molecule has 0 unspecified atom stereocenters. The normalized spacial score (nSPS) is 16.9. The van der Waals surface area contributed by atoms with E-state index in [9.17, 15) is 4.79 Å². The van der Waals surface area contributed by atoms with Gasteiger partial charge in [-0.25, -0.2) is 0 Å². The molecular weight excluding hydrogens is 364 g/mol. The van der Waals surface area contributed by atoms with Gasteiger partial charge in [-0.05, 0) is 73.5 Å². The van der Waals surface area contributed by atoms with Gasteiger partial charge in [0.15, 0.2) is 0 Å². The Labute approximate surface area is 170 Å². The molecule has 1 atom stereocenters. The number of amides is 1. The topological polar surface area (TPSA) is 67.3 Å². The maximum absolute atomic E-state index is 12.9. The summed E-state index contributed by atoms with van der Waals surface area (Å²) in [6, 6.07) is 15.0. The number of rotatable bonds is 6. The van der Waals surface area contributed by atoms with Gasteiger partial charge in [0.1, 0.15) is 11.5 Å². The molecule has 2 aromatic heterocycles. The van der Waals surface area contributed by atoms with Crippen molar-refractivity contribution in [2.24, 2.45) is 0 Å². The van der Waals surface area contributed by atoms with E-state index in [-0.39, 0.29) is 11.9 Å². The molecule has 1 amide bonds. The third-order valence-corrected chi connectivity index (χ3v) is 5.04. The molecule has 6 nitrogen and oxygen atoms in total. The zero-order chi connectivity index (χ0) is 19.9. The minimum atomic E-state index is -0.122. The fourth-order valence-corrected chi connectivity index (χ4v) is 3.58. The highest BCUT2D eigenvalue weighted by Crippen LogP contribution is 2.24. The highest BCUT2D eigenvalue weighted by atomic mass is 16.5. The lowest BCUT2D eigenvalue weighted by Crippen LogP contribution is -2.46. The zero-order valence-corrected chi connectivity index (χ0v) is 16.2. The van der Waals surface area contributed by atoms with Gasteiger partial charge in [-0.1, -0.05) is 6.42 Å². The van der Waals surface area contributed by atoms with Crippen molar-refractivity contribution in [1.29, 1.82) is 0 Å². The Bertz CT molecular complexity index is 917. The molecule has 1 aliphatic rings. The molecule has 0 spiro atoms. The lowest BCUT2D eigenvalue weighted by Gasteiger charge is -2.34. The van der Waals surface area contributed by atoms with Crippen LogP contribution in [0.1, 0.15) is 24.8 Å². The van der Waals surface area contributed by atoms with Crippen molar-refractivity contribution in [3.8, 4) is 11.5 Å². The molecule has 3 aromatic rings. The quantitative estimate of drug-likeness (QED) is 0.683. The Balaban J connectivity index is 1.38. The van der Waals surface area contributed by atoms with Crippen molar-refractivity contribution in [3.63, 3.8) is 0 Å². The van der Waals surface area contributed by atoms with Crippen LogP contribution in [-0.4, -0.2) is 33.4 Å². The molecule has 1 aromatic carbocycles. The maximum atomic E-state index is 12.9. The molecule has 1 aliphatic heterocycles. The predicted octanol–water partition coefficient (Wildman–Crippen LogP) is 4.26. The van der Waals surface area contributed by atoms with Crippen LogP contribution in [0.4, 0.5) is 5.69 Å². The van der Waals surface area contributed by atoms with Crippen molar-refractivity contribution in [3.05, 3.63) is 78.9 Å². The van der Waals surface area contributed by atoms with Gasteiger partial charge in [-0.2, -0.15) is 0 Å². The molecule has 148 valence electrons. The number of aromatic nitrogens is 2. The summed E-state index contributed by atoms with van der Waals surface area (Å²) >= 11 is 0. The van der Waals surface area contributed by atoms with Crippen molar-refractivity contribution in [1.82, 2.24) is 14.9 Å². The van der Waals surface area contributed by atoms with Gasteiger partial charge in [-0.15, -0.1) is 0 Å². The summed E-state index contributed by atoms with van der Waals surface area (Å²) in [5.74, 6) is 1.42. The van der Waals surface area contributed by atoms with E-state index in [0.717, 1.165) is 38.0 Å². The molecule has 0 radical (unpaired) electrons. The van der Waals surface area contributed by atoms with Crippen molar-refractivity contribution >= 4 is 11.6 Å². The van der Waals surface area contributed by atoms with Crippen LogP contribution in [0.15, 0.2) is 73.3 Å². The van der Waals surface area contributed by atoms with E-state index in [2.05, 4.69) is 20.2 Å². The Morgan fingerprint density at radius 1 is 1.00 bits per heavy atom. The molecule has 3 heterocycles. The van der Waals surface area contributed by atoms with Gasteiger partial charge in [-0.3, -0.25) is 19.7 Å². The van der Waals surface area contributed by atoms with Crippen molar-refractivity contribution in [2.75, 3.05) is 11.9 Å². The number of hydrogen-bond donors (Lipinski definition) is 1. The number of piperidine rings is 1. The van der Waals surface area contributed by atoms with Crippen LogP contribution in [0.5, 0.6) is 11.5 Å². The third kappa shape index (κ3) is 5.18. The molecule has 0 bridgehead atoms.